The van der Waals surface area contributed by atoms with Gasteiger partial charge < -0.3 is 11.1 Å². The number of carbonyl (C=O) groups excluding carboxylic acids is 3. The highest BCUT2D eigenvalue weighted by molar-refractivity contribution is 6.36. The average Bonchev–Trinajstić information content (AvgIpc) is 2.60. The SMILES string of the molecule is CN1C(=O)CC(NC(=O)c2cccc(N)c2Cl)C1=O. The topological polar surface area (TPSA) is 92.5 Å². The number of nitrogens with one attached hydrogen (secondary N) is 1. The molecule has 19 heavy (non-hydrogen) atoms. The summed E-state index contributed by atoms with van der Waals surface area (Å²) >= 11 is 5.92. The normalized spacial score (nSPS) is 18.8. The number of rotatable bonds is 2. The van der Waals surface area contributed by atoms with Crippen LogP contribution in [0.4, 0.5) is 5.69 Å². The van der Waals surface area contributed by atoms with Gasteiger partial charge >= 0.3 is 0 Å². The third-order valence-electron chi connectivity index (χ3n) is 2.96. The molecule has 1 fully saturated rings. The molecule has 1 aromatic carbocycles. The van der Waals surface area contributed by atoms with Crippen LogP contribution in [0.15, 0.2) is 18.2 Å². The van der Waals surface area contributed by atoms with Gasteiger partial charge in [-0.2, -0.15) is 0 Å². The predicted molar refractivity (Wildman–Crippen MR) is 69.5 cm³/mol. The van der Waals surface area contributed by atoms with Crippen molar-refractivity contribution < 1.29 is 14.4 Å². The van der Waals surface area contributed by atoms with Crippen LogP contribution in [0.25, 0.3) is 0 Å². The van der Waals surface area contributed by atoms with E-state index in [4.69, 9.17) is 17.3 Å². The second-order valence-electron chi connectivity index (χ2n) is 4.23. The number of imide groups is 1. The molecular formula is C12H12ClN3O3. The van der Waals surface area contributed by atoms with Gasteiger partial charge in [-0.15, -0.1) is 0 Å². The van der Waals surface area contributed by atoms with Crippen LogP contribution in [0, 0.1) is 0 Å². The van der Waals surface area contributed by atoms with E-state index in [0.29, 0.717) is 0 Å². The van der Waals surface area contributed by atoms with E-state index in [1.807, 2.05) is 0 Å². The molecule has 100 valence electrons. The fraction of sp³-hybridized carbons (Fsp3) is 0.250. The van der Waals surface area contributed by atoms with Crippen LogP contribution in [-0.2, 0) is 9.59 Å². The zero-order chi connectivity index (χ0) is 14.2. The fourth-order valence-electron chi connectivity index (χ4n) is 1.83. The molecule has 2 rings (SSSR count). The van der Waals surface area contributed by atoms with Gasteiger partial charge in [-0.1, -0.05) is 17.7 Å². The summed E-state index contributed by atoms with van der Waals surface area (Å²) in [6.45, 7) is 0. The Morgan fingerprint density at radius 2 is 2.16 bits per heavy atom. The third kappa shape index (κ3) is 2.39. The van der Waals surface area contributed by atoms with Gasteiger partial charge in [0.1, 0.15) is 6.04 Å². The van der Waals surface area contributed by atoms with Crippen LogP contribution >= 0.6 is 11.6 Å². The molecule has 0 bridgehead atoms. The largest absolute Gasteiger partial charge is 0.398 e. The highest BCUT2D eigenvalue weighted by atomic mass is 35.5. The minimum atomic E-state index is -0.845. The molecule has 0 aliphatic carbocycles. The first-order valence-electron chi connectivity index (χ1n) is 5.57. The molecule has 0 saturated carbocycles. The molecule has 1 aliphatic heterocycles. The third-order valence-corrected chi connectivity index (χ3v) is 3.38. The number of nitrogens with two attached hydrogens (primary N) is 1. The number of anilines is 1. The summed E-state index contributed by atoms with van der Waals surface area (Å²) in [4.78, 5) is 36.0. The lowest BCUT2D eigenvalue weighted by molar-refractivity contribution is -0.137. The number of likely N-dealkylation sites (tertiary alicyclic amines) is 1. The monoisotopic (exact) mass is 281 g/mol. The number of nitrogen functional groups attached to an aromatic ring is 1. The maximum absolute atomic E-state index is 12.0. The minimum absolute atomic E-state index is 0.0407. The van der Waals surface area contributed by atoms with Crippen molar-refractivity contribution in [3.05, 3.63) is 28.8 Å². The number of nitrogens with zero attached hydrogens (tertiary/aromatic N) is 1. The molecule has 6 nitrogen and oxygen atoms in total. The van der Waals surface area contributed by atoms with Crippen molar-refractivity contribution in [3.63, 3.8) is 0 Å². The van der Waals surface area contributed by atoms with Crippen molar-refractivity contribution in [1.82, 2.24) is 10.2 Å². The van der Waals surface area contributed by atoms with Gasteiger partial charge in [0.25, 0.3) is 11.8 Å². The van der Waals surface area contributed by atoms with Gasteiger partial charge in [-0.05, 0) is 12.1 Å². The Labute approximate surface area is 114 Å². The first-order valence-corrected chi connectivity index (χ1v) is 5.95. The fourth-order valence-corrected chi connectivity index (χ4v) is 2.04. The highest BCUT2D eigenvalue weighted by Crippen LogP contribution is 2.23. The molecular weight excluding hydrogens is 270 g/mol. The zero-order valence-corrected chi connectivity index (χ0v) is 10.9. The van der Waals surface area contributed by atoms with Crippen molar-refractivity contribution >= 4 is 35.0 Å². The average molecular weight is 282 g/mol. The molecule has 1 atom stereocenters. The molecule has 0 spiro atoms. The predicted octanol–water partition coefficient (Wildman–Crippen LogP) is 0.409. The van der Waals surface area contributed by atoms with Gasteiger partial charge in [0.15, 0.2) is 0 Å². The van der Waals surface area contributed by atoms with Crippen molar-refractivity contribution in [3.8, 4) is 0 Å². The number of hydrogen-bond acceptors (Lipinski definition) is 4. The first kappa shape index (κ1) is 13.4. The van der Waals surface area contributed by atoms with Crippen LogP contribution in [0.2, 0.25) is 5.02 Å². The minimum Gasteiger partial charge on any atom is -0.398 e. The molecule has 0 aromatic heterocycles. The Morgan fingerprint density at radius 1 is 1.47 bits per heavy atom. The Kier molecular flexibility index (Phi) is 3.44. The lowest BCUT2D eigenvalue weighted by Gasteiger charge is -2.12. The Balaban J connectivity index is 2.16. The number of likely N-dealkylation sites (N-methyl/N-ethyl adjacent to an activating group) is 1. The van der Waals surface area contributed by atoms with Crippen molar-refractivity contribution in [2.45, 2.75) is 12.5 Å². The zero-order valence-electron chi connectivity index (χ0n) is 10.1. The van der Waals surface area contributed by atoms with E-state index in [2.05, 4.69) is 5.32 Å². The molecule has 3 N–H and O–H groups in total. The molecule has 1 aromatic rings. The van der Waals surface area contributed by atoms with Crippen LogP contribution in [0.3, 0.4) is 0 Å². The van der Waals surface area contributed by atoms with Gasteiger partial charge in [0, 0.05) is 7.05 Å². The van der Waals surface area contributed by atoms with Crippen LogP contribution in [0.5, 0.6) is 0 Å². The summed E-state index contributed by atoms with van der Waals surface area (Å²) < 4.78 is 0. The lowest BCUT2D eigenvalue weighted by atomic mass is 10.1. The van der Waals surface area contributed by atoms with Gasteiger partial charge in [0.2, 0.25) is 5.91 Å². The summed E-state index contributed by atoms with van der Waals surface area (Å²) in [5.74, 6) is -1.29. The molecule has 1 heterocycles. The van der Waals surface area contributed by atoms with E-state index >= 15 is 0 Å². The lowest BCUT2D eigenvalue weighted by Crippen LogP contribution is -2.40. The summed E-state index contributed by atoms with van der Waals surface area (Å²) in [6.07, 6.45) is -0.0407. The van der Waals surface area contributed by atoms with Crippen molar-refractivity contribution in [2.24, 2.45) is 0 Å². The summed E-state index contributed by atoms with van der Waals surface area (Å²) in [5.41, 5.74) is 6.05. The first-order chi connectivity index (χ1) is 8.91. The second-order valence-corrected chi connectivity index (χ2v) is 4.61. The smallest absolute Gasteiger partial charge is 0.253 e. The molecule has 1 aliphatic rings. The van der Waals surface area contributed by atoms with Crippen LogP contribution in [-0.4, -0.2) is 35.7 Å². The van der Waals surface area contributed by atoms with Gasteiger partial charge in [-0.25, -0.2) is 0 Å². The second kappa shape index (κ2) is 4.89. The van der Waals surface area contributed by atoms with E-state index < -0.39 is 17.9 Å². The quantitative estimate of drug-likeness (QED) is 0.606. The number of amides is 3. The van der Waals surface area contributed by atoms with Crippen LogP contribution < -0.4 is 11.1 Å². The highest BCUT2D eigenvalue weighted by Gasteiger charge is 2.37. The van der Waals surface area contributed by atoms with Gasteiger partial charge in [0.05, 0.1) is 22.7 Å². The van der Waals surface area contributed by atoms with Gasteiger partial charge in [-0.3, -0.25) is 19.3 Å². The van der Waals surface area contributed by atoms with Crippen LogP contribution in [0.1, 0.15) is 16.8 Å². The summed E-state index contributed by atoms with van der Waals surface area (Å²) in [7, 11) is 1.38. The molecule has 7 heteroatoms. The van der Waals surface area contributed by atoms with Crippen molar-refractivity contribution in [2.75, 3.05) is 12.8 Å². The molecule has 1 saturated heterocycles. The summed E-state index contributed by atoms with van der Waals surface area (Å²) in [6, 6.07) is 3.81. The number of halogens is 1. The Morgan fingerprint density at radius 3 is 2.74 bits per heavy atom. The maximum Gasteiger partial charge on any atom is 0.253 e. The van der Waals surface area contributed by atoms with Crippen molar-refractivity contribution in [1.29, 1.82) is 0 Å². The van der Waals surface area contributed by atoms with E-state index in [1.165, 1.54) is 13.1 Å². The summed E-state index contributed by atoms with van der Waals surface area (Å²) in [5, 5.41) is 2.61. The number of benzene rings is 1. The van der Waals surface area contributed by atoms with E-state index in [9.17, 15) is 14.4 Å². The van der Waals surface area contributed by atoms with E-state index in [-0.39, 0.29) is 28.6 Å². The standard InChI is InChI=1S/C12H12ClN3O3/c1-16-9(17)5-8(12(16)19)15-11(18)6-3-2-4-7(14)10(6)13/h2-4,8H,5,14H2,1H3,(H,15,18). The number of hydrogen-bond donors (Lipinski definition) is 2. The van der Waals surface area contributed by atoms with E-state index in [0.717, 1.165) is 4.90 Å². The molecule has 1 unspecified atom stereocenters. The van der Waals surface area contributed by atoms with E-state index in [1.54, 1.807) is 12.1 Å². The number of carbonyl (C=O) groups is 3. The Bertz CT molecular complexity index is 573. The maximum atomic E-state index is 12.0. The molecule has 3 amide bonds. The molecule has 0 radical (unpaired) electrons. The Hall–Kier alpha value is -2.08.